The molecule has 1 atom stereocenters. The summed E-state index contributed by atoms with van der Waals surface area (Å²) in [6.45, 7) is 5.39. The van der Waals surface area contributed by atoms with Crippen molar-refractivity contribution in [1.82, 2.24) is 5.32 Å². The standard InChI is InChI=1S/C23H24N2O4/c1-22(2,3)24-20(27)23(17-12-8-9-13-18(17)25(4)21(23)28)29-19(26)15-14-16-10-6-5-7-11-16/h5-15H,1-4H3,(H,24,27). The Balaban J connectivity index is 2.01. The van der Waals surface area contributed by atoms with Crippen molar-refractivity contribution in [3.8, 4) is 0 Å². The Kier molecular flexibility index (Phi) is 5.29. The molecule has 3 rings (SSSR count). The zero-order valence-electron chi connectivity index (χ0n) is 16.9. The monoisotopic (exact) mass is 392 g/mol. The van der Waals surface area contributed by atoms with Crippen LogP contribution in [0.25, 0.3) is 6.08 Å². The molecule has 150 valence electrons. The number of anilines is 1. The number of hydrogen-bond donors (Lipinski definition) is 1. The van der Waals surface area contributed by atoms with Gasteiger partial charge in [-0.05, 0) is 38.5 Å². The van der Waals surface area contributed by atoms with Gasteiger partial charge in [0.1, 0.15) is 0 Å². The summed E-state index contributed by atoms with van der Waals surface area (Å²) in [6, 6.07) is 16.0. The minimum Gasteiger partial charge on any atom is -0.430 e. The van der Waals surface area contributed by atoms with Crippen LogP contribution in [0.4, 0.5) is 5.69 Å². The van der Waals surface area contributed by atoms with Gasteiger partial charge < -0.3 is 15.0 Å². The fourth-order valence-electron chi connectivity index (χ4n) is 3.23. The van der Waals surface area contributed by atoms with E-state index in [9.17, 15) is 14.4 Å². The van der Waals surface area contributed by atoms with E-state index in [4.69, 9.17) is 4.74 Å². The molecule has 29 heavy (non-hydrogen) atoms. The number of fused-ring (bicyclic) bond motifs is 1. The van der Waals surface area contributed by atoms with E-state index in [0.29, 0.717) is 11.3 Å². The van der Waals surface area contributed by atoms with Gasteiger partial charge in [0.05, 0.1) is 5.69 Å². The molecule has 2 amide bonds. The van der Waals surface area contributed by atoms with Crippen molar-refractivity contribution in [3.63, 3.8) is 0 Å². The second-order valence-corrected chi connectivity index (χ2v) is 7.93. The summed E-state index contributed by atoms with van der Waals surface area (Å²) in [4.78, 5) is 40.4. The summed E-state index contributed by atoms with van der Waals surface area (Å²) in [5, 5.41) is 2.79. The quantitative estimate of drug-likeness (QED) is 0.493. The van der Waals surface area contributed by atoms with E-state index in [2.05, 4.69) is 5.32 Å². The normalized spacial score (nSPS) is 18.6. The van der Waals surface area contributed by atoms with E-state index < -0.39 is 28.9 Å². The lowest BCUT2D eigenvalue weighted by Crippen LogP contribution is -2.57. The second-order valence-electron chi connectivity index (χ2n) is 7.93. The number of ether oxygens (including phenoxy) is 1. The zero-order chi connectivity index (χ0) is 21.2. The number of para-hydroxylation sites is 1. The topological polar surface area (TPSA) is 75.7 Å². The maximum atomic E-state index is 13.3. The molecule has 0 saturated carbocycles. The highest BCUT2D eigenvalue weighted by Gasteiger charge is 2.59. The van der Waals surface area contributed by atoms with E-state index in [1.165, 1.54) is 11.0 Å². The number of rotatable bonds is 4. The molecule has 1 aliphatic heterocycles. The van der Waals surface area contributed by atoms with Gasteiger partial charge in [-0.1, -0.05) is 48.5 Å². The Bertz CT molecular complexity index is 976. The molecule has 1 heterocycles. The van der Waals surface area contributed by atoms with Crippen LogP contribution in [0.2, 0.25) is 0 Å². The average Bonchev–Trinajstić information content (AvgIpc) is 2.89. The molecule has 0 spiro atoms. The fourth-order valence-corrected chi connectivity index (χ4v) is 3.23. The number of carbonyl (C=O) groups is 3. The highest BCUT2D eigenvalue weighted by atomic mass is 16.6. The SMILES string of the molecule is CN1C(=O)C(OC(=O)C=Cc2ccccc2)(C(=O)NC(C)(C)C)c2ccccc21. The van der Waals surface area contributed by atoms with Crippen LogP contribution in [0.15, 0.2) is 60.7 Å². The average molecular weight is 392 g/mol. The predicted molar refractivity (Wildman–Crippen MR) is 111 cm³/mol. The van der Waals surface area contributed by atoms with Gasteiger partial charge >= 0.3 is 5.97 Å². The molecule has 0 radical (unpaired) electrons. The molecule has 1 N–H and O–H groups in total. The van der Waals surface area contributed by atoms with Crippen LogP contribution < -0.4 is 10.2 Å². The third-order valence-electron chi connectivity index (χ3n) is 4.52. The number of benzene rings is 2. The number of carbonyl (C=O) groups excluding carboxylic acids is 3. The van der Waals surface area contributed by atoms with Gasteiger partial charge in [-0.2, -0.15) is 0 Å². The van der Waals surface area contributed by atoms with Crippen LogP contribution in [0.5, 0.6) is 0 Å². The molecule has 2 aromatic rings. The maximum absolute atomic E-state index is 13.3. The van der Waals surface area contributed by atoms with Gasteiger partial charge in [0.2, 0.25) is 0 Å². The zero-order valence-corrected chi connectivity index (χ0v) is 16.9. The smallest absolute Gasteiger partial charge is 0.332 e. The largest absolute Gasteiger partial charge is 0.430 e. The van der Waals surface area contributed by atoms with Gasteiger partial charge in [0.15, 0.2) is 0 Å². The Morgan fingerprint density at radius 3 is 2.31 bits per heavy atom. The highest BCUT2D eigenvalue weighted by Crippen LogP contribution is 2.42. The Morgan fingerprint density at radius 1 is 1.03 bits per heavy atom. The Hall–Kier alpha value is -3.41. The van der Waals surface area contributed by atoms with Gasteiger partial charge in [0.25, 0.3) is 17.4 Å². The van der Waals surface area contributed by atoms with Crippen LogP contribution >= 0.6 is 0 Å². The first-order valence-corrected chi connectivity index (χ1v) is 9.31. The van der Waals surface area contributed by atoms with E-state index in [1.807, 2.05) is 30.3 Å². The van der Waals surface area contributed by atoms with Gasteiger partial charge in [0, 0.05) is 24.2 Å². The molecule has 0 saturated heterocycles. The second kappa shape index (κ2) is 7.54. The van der Waals surface area contributed by atoms with E-state index in [1.54, 1.807) is 58.2 Å². The van der Waals surface area contributed by atoms with Crippen molar-refractivity contribution in [2.45, 2.75) is 31.9 Å². The van der Waals surface area contributed by atoms with Crippen molar-refractivity contribution in [2.75, 3.05) is 11.9 Å². The number of likely N-dealkylation sites (N-methyl/N-ethyl adjacent to an activating group) is 1. The summed E-state index contributed by atoms with van der Waals surface area (Å²) in [5.41, 5.74) is -1.02. The van der Waals surface area contributed by atoms with Gasteiger partial charge in [-0.25, -0.2) is 4.79 Å². The van der Waals surface area contributed by atoms with Crippen molar-refractivity contribution in [1.29, 1.82) is 0 Å². The third kappa shape index (κ3) is 3.92. The summed E-state index contributed by atoms with van der Waals surface area (Å²) < 4.78 is 5.61. The van der Waals surface area contributed by atoms with Crippen molar-refractivity contribution >= 4 is 29.5 Å². The van der Waals surface area contributed by atoms with Crippen molar-refractivity contribution in [3.05, 3.63) is 71.8 Å². The van der Waals surface area contributed by atoms with Crippen molar-refractivity contribution in [2.24, 2.45) is 0 Å². The minimum absolute atomic E-state index is 0.343. The number of hydrogen-bond acceptors (Lipinski definition) is 4. The van der Waals surface area contributed by atoms with Crippen LogP contribution in [0, 0.1) is 0 Å². The first-order chi connectivity index (χ1) is 13.6. The molecule has 0 aromatic heterocycles. The van der Waals surface area contributed by atoms with Crippen LogP contribution in [0.3, 0.4) is 0 Å². The molecule has 6 heteroatoms. The number of esters is 1. The molecular weight excluding hydrogens is 368 g/mol. The first-order valence-electron chi connectivity index (χ1n) is 9.31. The van der Waals surface area contributed by atoms with Gasteiger partial charge in [-0.3, -0.25) is 9.59 Å². The predicted octanol–water partition coefficient (Wildman–Crippen LogP) is 3.03. The first kappa shape index (κ1) is 20.3. The molecular formula is C23H24N2O4. The third-order valence-corrected chi connectivity index (χ3v) is 4.52. The summed E-state index contributed by atoms with van der Waals surface area (Å²) in [7, 11) is 1.56. The summed E-state index contributed by atoms with van der Waals surface area (Å²) in [5.74, 6) is -2.06. The molecule has 0 fully saturated rings. The summed E-state index contributed by atoms with van der Waals surface area (Å²) >= 11 is 0. The van der Waals surface area contributed by atoms with Crippen molar-refractivity contribution < 1.29 is 19.1 Å². The Morgan fingerprint density at radius 2 is 1.66 bits per heavy atom. The fraction of sp³-hybridized carbons (Fsp3) is 0.261. The minimum atomic E-state index is -2.07. The summed E-state index contributed by atoms with van der Waals surface area (Å²) in [6.07, 6.45) is 2.79. The molecule has 1 unspecified atom stereocenters. The maximum Gasteiger partial charge on any atom is 0.332 e. The number of nitrogens with zero attached hydrogens (tertiary/aromatic N) is 1. The molecule has 2 aromatic carbocycles. The molecule has 0 bridgehead atoms. The van der Waals surface area contributed by atoms with E-state index >= 15 is 0 Å². The molecule has 1 aliphatic rings. The van der Waals surface area contributed by atoms with E-state index in [-0.39, 0.29) is 0 Å². The van der Waals surface area contributed by atoms with Crippen LogP contribution in [-0.4, -0.2) is 30.4 Å². The lowest BCUT2D eigenvalue weighted by molar-refractivity contribution is -0.171. The highest BCUT2D eigenvalue weighted by molar-refractivity contribution is 6.21. The number of amides is 2. The van der Waals surface area contributed by atoms with Gasteiger partial charge in [-0.15, -0.1) is 0 Å². The molecule has 0 aliphatic carbocycles. The molecule has 6 nitrogen and oxygen atoms in total. The van der Waals surface area contributed by atoms with E-state index in [0.717, 1.165) is 5.56 Å². The van der Waals surface area contributed by atoms with Crippen LogP contribution in [0.1, 0.15) is 31.9 Å². The lowest BCUT2D eigenvalue weighted by atomic mass is 9.92. The number of nitrogens with one attached hydrogen (secondary N) is 1. The lowest BCUT2D eigenvalue weighted by Gasteiger charge is -2.30. The van der Waals surface area contributed by atoms with Crippen LogP contribution in [-0.2, 0) is 24.7 Å². The Labute approximate surface area is 170 Å².